The fourth-order valence-electron chi connectivity index (χ4n) is 1.42. The first-order valence-electron chi connectivity index (χ1n) is 3.88. The van der Waals surface area contributed by atoms with Crippen molar-refractivity contribution in [1.82, 2.24) is 0 Å². The lowest BCUT2D eigenvalue weighted by Gasteiger charge is -2.04. The van der Waals surface area contributed by atoms with Crippen LogP contribution in [0.3, 0.4) is 0 Å². The molecule has 0 fully saturated rings. The van der Waals surface area contributed by atoms with E-state index in [9.17, 15) is 5.11 Å². The molecule has 0 amide bonds. The molecule has 0 aliphatic carbocycles. The monoisotopic (exact) mass is 191 g/mol. The van der Waals surface area contributed by atoms with E-state index in [1.54, 1.807) is 12.1 Å². The van der Waals surface area contributed by atoms with E-state index >= 15 is 0 Å². The summed E-state index contributed by atoms with van der Waals surface area (Å²) in [6, 6.07) is 8.96. The topological polar surface area (TPSA) is 46.2 Å². The van der Waals surface area contributed by atoms with Gasteiger partial charge in [-0.2, -0.15) is 0 Å². The molecule has 0 saturated carbocycles. The molecule has 2 nitrogen and oxygen atoms in total. The molecule has 0 aliphatic heterocycles. The van der Waals surface area contributed by atoms with Crippen molar-refractivity contribution in [2.45, 2.75) is 4.90 Å². The van der Waals surface area contributed by atoms with Crippen LogP contribution in [-0.4, -0.2) is 5.11 Å². The van der Waals surface area contributed by atoms with Crippen molar-refractivity contribution < 1.29 is 5.11 Å². The van der Waals surface area contributed by atoms with Crippen molar-refractivity contribution in [1.29, 1.82) is 0 Å². The van der Waals surface area contributed by atoms with Gasteiger partial charge < -0.3 is 10.8 Å². The highest BCUT2D eigenvalue weighted by Crippen LogP contribution is 2.32. The molecule has 13 heavy (non-hydrogen) atoms. The average molecular weight is 191 g/mol. The third-order valence-electron chi connectivity index (χ3n) is 1.97. The molecule has 66 valence electrons. The van der Waals surface area contributed by atoms with Gasteiger partial charge in [-0.15, -0.1) is 12.6 Å². The van der Waals surface area contributed by atoms with Crippen molar-refractivity contribution in [3.8, 4) is 5.75 Å². The van der Waals surface area contributed by atoms with Gasteiger partial charge in [0, 0.05) is 16.0 Å². The molecule has 0 bridgehead atoms. The number of hydrogen-bond acceptors (Lipinski definition) is 3. The molecule has 0 saturated heterocycles. The van der Waals surface area contributed by atoms with E-state index in [-0.39, 0.29) is 5.75 Å². The van der Waals surface area contributed by atoms with Crippen LogP contribution in [0.2, 0.25) is 0 Å². The first-order valence-corrected chi connectivity index (χ1v) is 4.33. The molecule has 0 spiro atoms. The first kappa shape index (κ1) is 8.26. The van der Waals surface area contributed by atoms with Crippen LogP contribution < -0.4 is 5.73 Å². The van der Waals surface area contributed by atoms with Crippen molar-refractivity contribution in [2.24, 2.45) is 0 Å². The second-order valence-corrected chi connectivity index (χ2v) is 3.43. The summed E-state index contributed by atoms with van der Waals surface area (Å²) in [7, 11) is 0. The minimum atomic E-state index is 0.181. The summed E-state index contributed by atoms with van der Waals surface area (Å²) >= 11 is 4.16. The molecule has 2 aromatic rings. The van der Waals surface area contributed by atoms with E-state index in [0.29, 0.717) is 11.1 Å². The van der Waals surface area contributed by atoms with Crippen molar-refractivity contribution in [3.05, 3.63) is 30.3 Å². The number of rotatable bonds is 0. The maximum atomic E-state index is 9.60. The third kappa shape index (κ3) is 1.31. The van der Waals surface area contributed by atoms with Crippen LogP contribution >= 0.6 is 12.6 Å². The molecule has 0 heterocycles. The number of phenolic OH excluding ortho intramolecular Hbond substituents is 1. The van der Waals surface area contributed by atoms with Gasteiger partial charge in [0.05, 0.1) is 0 Å². The smallest absolute Gasteiger partial charge is 0.126 e. The largest absolute Gasteiger partial charge is 0.507 e. The summed E-state index contributed by atoms with van der Waals surface area (Å²) in [4.78, 5) is 0.732. The van der Waals surface area contributed by atoms with Crippen LogP contribution in [0.5, 0.6) is 5.75 Å². The number of phenols is 1. The van der Waals surface area contributed by atoms with Crippen molar-refractivity contribution in [2.75, 3.05) is 5.73 Å². The second-order valence-electron chi connectivity index (χ2n) is 2.91. The number of nitrogens with two attached hydrogens (primary N) is 1. The number of thiol groups is 1. The van der Waals surface area contributed by atoms with Crippen LogP contribution in [0.25, 0.3) is 10.8 Å². The summed E-state index contributed by atoms with van der Waals surface area (Å²) < 4.78 is 0. The fourth-order valence-corrected chi connectivity index (χ4v) is 1.68. The summed E-state index contributed by atoms with van der Waals surface area (Å²) in [5.74, 6) is 0.181. The first-order chi connectivity index (χ1) is 6.18. The van der Waals surface area contributed by atoms with Gasteiger partial charge in [0.2, 0.25) is 0 Å². The molecule has 2 aromatic carbocycles. The third-order valence-corrected chi connectivity index (χ3v) is 2.23. The lowest BCUT2D eigenvalue weighted by atomic mass is 10.1. The fraction of sp³-hybridized carbons (Fsp3) is 0. The molecule has 0 radical (unpaired) electrons. The highest BCUT2D eigenvalue weighted by atomic mass is 32.1. The van der Waals surface area contributed by atoms with Crippen LogP contribution in [0.4, 0.5) is 5.69 Å². The predicted octanol–water partition coefficient (Wildman–Crippen LogP) is 2.42. The van der Waals surface area contributed by atoms with Crippen molar-refractivity contribution >= 4 is 29.1 Å². The average Bonchev–Trinajstić information content (AvgIpc) is 2.02. The molecule has 3 heteroatoms. The number of fused-ring (bicyclic) bond motifs is 1. The number of benzene rings is 2. The van der Waals surface area contributed by atoms with E-state index in [0.717, 1.165) is 10.3 Å². The molecular formula is C10H9NOS. The highest BCUT2D eigenvalue weighted by molar-refractivity contribution is 7.80. The molecule has 3 N–H and O–H groups in total. The van der Waals surface area contributed by atoms with Gasteiger partial charge >= 0.3 is 0 Å². The number of aromatic hydroxyl groups is 1. The second kappa shape index (κ2) is 2.85. The molecule has 0 unspecified atom stereocenters. The Labute approximate surface area is 81.4 Å². The summed E-state index contributed by atoms with van der Waals surface area (Å²) in [6.07, 6.45) is 0. The summed E-state index contributed by atoms with van der Waals surface area (Å²) in [6.45, 7) is 0. The van der Waals surface area contributed by atoms with E-state index in [1.165, 1.54) is 0 Å². The van der Waals surface area contributed by atoms with E-state index in [4.69, 9.17) is 5.73 Å². The zero-order valence-electron chi connectivity index (χ0n) is 6.86. The molecule has 0 aliphatic rings. The molecule has 0 aromatic heterocycles. The highest BCUT2D eigenvalue weighted by Gasteiger charge is 2.03. The van der Waals surface area contributed by atoms with Gasteiger partial charge in [0.25, 0.3) is 0 Å². The van der Waals surface area contributed by atoms with E-state index in [2.05, 4.69) is 12.6 Å². The zero-order chi connectivity index (χ0) is 9.42. The minimum Gasteiger partial charge on any atom is -0.507 e. The lowest BCUT2D eigenvalue weighted by molar-refractivity contribution is 0.480. The standard InChI is InChI=1S/C10H9NOS/c11-8-3-1-2-6-4-7(13)5-9(12)10(6)8/h1-5,12-13H,11H2. The van der Waals surface area contributed by atoms with Crippen LogP contribution in [0.1, 0.15) is 0 Å². The number of hydrogen-bond donors (Lipinski definition) is 3. The maximum Gasteiger partial charge on any atom is 0.126 e. The van der Waals surface area contributed by atoms with Gasteiger partial charge in [-0.1, -0.05) is 12.1 Å². The lowest BCUT2D eigenvalue weighted by Crippen LogP contribution is -1.86. The zero-order valence-corrected chi connectivity index (χ0v) is 7.75. The molecule has 0 atom stereocenters. The quantitative estimate of drug-likeness (QED) is 0.442. The Hall–Kier alpha value is -1.35. The van der Waals surface area contributed by atoms with E-state index < -0.39 is 0 Å². The van der Waals surface area contributed by atoms with Crippen molar-refractivity contribution in [3.63, 3.8) is 0 Å². The van der Waals surface area contributed by atoms with E-state index in [1.807, 2.05) is 18.2 Å². The minimum absolute atomic E-state index is 0.181. The predicted molar refractivity (Wildman–Crippen MR) is 57.3 cm³/mol. The van der Waals surface area contributed by atoms with Crippen LogP contribution in [0, 0.1) is 0 Å². The molecular weight excluding hydrogens is 182 g/mol. The Kier molecular flexibility index (Phi) is 1.81. The van der Waals surface area contributed by atoms with Gasteiger partial charge in [-0.3, -0.25) is 0 Å². The van der Waals surface area contributed by atoms with Crippen LogP contribution in [0.15, 0.2) is 35.2 Å². The Morgan fingerprint density at radius 1 is 1.23 bits per heavy atom. The SMILES string of the molecule is Nc1cccc2cc(S)cc(O)c12. The maximum absolute atomic E-state index is 9.60. The normalized spacial score (nSPS) is 10.5. The molecule has 2 rings (SSSR count). The Bertz CT molecular complexity index is 468. The Morgan fingerprint density at radius 3 is 2.77 bits per heavy atom. The van der Waals surface area contributed by atoms with Gasteiger partial charge in [-0.05, 0) is 23.6 Å². The summed E-state index contributed by atoms with van der Waals surface area (Å²) in [5.41, 5.74) is 6.31. The van der Waals surface area contributed by atoms with Crippen LogP contribution in [-0.2, 0) is 0 Å². The summed E-state index contributed by atoms with van der Waals surface area (Å²) in [5, 5.41) is 11.2. The van der Waals surface area contributed by atoms with Gasteiger partial charge in [-0.25, -0.2) is 0 Å². The van der Waals surface area contributed by atoms with Gasteiger partial charge in [0.15, 0.2) is 0 Å². The number of nitrogen functional groups attached to an aromatic ring is 1. The Morgan fingerprint density at radius 2 is 2.00 bits per heavy atom. The number of anilines is 1. The Balaban J connectivity index is 2.94. The van der Waals surface area contributed by atoms with Gasteiger partial charge in [0.1, 0.15) is 5.75 Å².